The normalized spacial score (nSPS) is 24.8. The van der Waals surface area contributed by atoms with E-state index in [1.54, 1.807) is 7.11 Å². The SMILES string of the molecule is COc1cc(CCC(=O)N2C[C@H](O)[C@@H](N3CCN(C)CC3)C2)ccc1C. The summed E-state index contributed by atoms with van der Waals surface area (Å²) in [6.45, 7) is 7.07. The van der Waals surface area contributed by atoms with Crippen LogP contribution in [0.15, 0.2) is 18.2 Å². The Morgan fingerprint density at radius 3 is 2.65 bits per heavy atom. The van der Waals surface area contributed by atoms with Crippen molar-refractivity contribution in [3.8, 4) is 5.75 Å². The molecule has 0 spiro atoms. The van der Waals surface area contributed by atoms with E-state index in [9.17, 15) is 9.90 Å². The van der Waals surface area contributed by atoms with Gasteiger partial charge >= 0.3 is 0 Å². The van der Waals surface area contributed by atoms with E-state index in [-0.39, 0.29) is 11.9 Å². The number of β-amino-alcohol motifs (C(OH)–C–C–N with tert-alkyl or cyclic N) is 1. The van der Waals surface area contributed by atoms with Crippen molar-refractivity contribution < 1.29 is 14.6 Å². The van der Waals surface area contributed by atoms with E-state index >= 15 is 0 Å². The maximum Gasteiger partial charge on any atom is 0.223 e. The van der Waals surface area contributed by atoms with Gasteiger partial charge in [0, 0.05) is 45.7 Å². The van der Waals surface area contributed by atoms with Crippen LogP contribution >= 0.6 is 0 Å². The number of amides is 1. The van der Waals surface area contributed by atoms with Crippen molar-refractivity contribution >= 4 is 5.91 Å². The van der Waals surface area contributed by atoms with Gasteiger partial charge in [0.05, 0.1) is 19.3 Å². The number of benzene rings is 1. The van der Waals surface area contributed by atoms with E-state index in [1.807, 2.05) is 24.0 Å². The molecule has 1 N–H and O–H groups in total. The van der Waals surface area contributed by atoms with Crippen LogP contribution in [0.3, 0.4) is 0 Å². The lowest BCUT2D eigenvalue weighted by atomic mass is 10.1. The van der Waals surface area contributed by atoms with Gasteiger partial charge in [-0.2, -0.15) is 0 Å². The fourth-order valence-corrected chi connectivity index (χ4v) is 3.91. The number of hydrogen-bond donors (Lipinski definition) is 1. The summed E-state index contributed by atoms with van der Waals surface area (Å²) < 4.78 is 5.36. The van der Waals surface area contributed by atoms with Gasteiger partial charge in [-0.05, 0) is 37.6 Å². The van der Waals surface area contributed by atoms with Gasteiger partial charge in [0.1, 0.15) is 5.75 Å². The van der Waals surface area contributed by atoms with E-state index in [0.717, 1.165) is 43.1 Å². The molecule has 0 aromatic heterocycles. The third kappa shape index (κ3) is 4.37. The standard InChI is InChI=1S/C20H31N3O3/c1-15-4-5-16(12-19(15)26-3)6-7-20(25)23-13-17(18(24)14-23)22-10-8-21(2)9-11-22/h4-5,12,17-18,24H,6-11,13-14H2,1-3H3/t17-,18-/m0/s1. The molecule has 2 aliphatic rings. The topological polar surface area (TPSA) is 56.2 Å². The Hall–Kier alpha value is -1.63. The average molecular weight is 361 g/mol. The number of methoxy groups -OCH3 is 1. The number of aryl methyl sites for hydroxylation is 2. The number of piperazine rings is 1. The Bertz CT molecular complexity index is 629. The highest BCUT2D eigenvalue weighted by molar-refractivity contribution is 5.77. The van der Waals surface area contributed by atoms with Crippen molar-refractivity contribution in [1.29, 1.82) is 0 Å². The summed E-state index contributed by atoms with van der Waals surface area (Å²) in [6.07, 6.45) is 0.720. The van der Waals surface area contributed by atoms with Crippen molar-refractivity contribution in [1.82, 2.24) is 14.7 Å². The summed E-state index contributed by atoms with van der Waals surface area (Å²) in [5, 5.41) is 10.4. The van der Waals surface area contributed by atoms with Crippen LogP contribution in [0.5, 0.6) is 5.75 Å². The molecule has 1 aromatic carbocycles. The Balaban J connectivity index is 1.52. The third-order valence-corrected chi connectivity index (χ3v) is 5.72. The van der Waals surface area contributed by atoms with Crippen LogP contribution in [0.25, 0.3) is 0 Å². The molecule has 0 aliphatic carbocycles. The zero-order chi connectivity index (χ0) is 18.7. The van der Waals surface area contributed by atoms with Crippen molar-refractivity contribution in [2.75, 3.05) is 53.4 Å². The maximum atomic E-state index is 12.6. The zero-order valence-electron chi connectivity index (χ0n) is 16.1. The quantitative estimate of drug-likeness (QED) is 0.839. The number of carbonyl (C=O) groups excluding carboxylic acids is 1. The molecule has 2 saturated heterocycles. The van der Waals surface area contributed by atoms with Crippen LogP contribution < -0.4 is 4.74 Å². The first kappa shape index (κ1) is 19.1. The van der Waals surface area contributed by atoms with E-state index in [4.69, 9.17) is 4.74 Å². The molecule has 2 fully saturated rings. The molecule has 0 bridgehead atoms. The van der Waals surface area contributed by atoms with Crippen LogP contribution in [0.4, 0.5) is 0 Å². The predicted octanol–water partition coefficient (Wildman–Crippen LogP) is 0.755. The van der Waals surface area contributed by atoms with Gasteiger partial charge in [-0.15, -0.1) is 0 Å². The first-order valence-electron chi connectivity index (χ1n) is 9.50. The smallest absolute Gasteiger partial charge is 0.223 e. The second kappa shape index (κ2) is 8.37. The molecule has 0 unspecified atom stereocenters. The number of likely N-dealkylation sites (N-methyl/N-ethyl adjacent to an activating group) is 1. The van der Waals surface area contributed by atoms with Crippen LogP contribution in [-0.2, 0) is 11.2 Å². The first-order valence-corrected chi connectivity index (χ1v) is 9.50. The molecule has 3 rings (SSSR count). The molecular formula is C20H31N3O3. The van der Waals surface area contributed by atoms with E-state index in [2.05, 4.69) is 22.9 Å². The molecule has 2 heterocycles. The van der Waals surface area contributed by atoms with Gasteiger partial charge in [0.25, 0.3) is 0 Å². The summed E-state index contributed by atoms with van der Waals surface area (Å²) >= 11 is 0. The molecule has 0 saturated carbocycles. The molecule has 144 valence electrons. The minimum atomic E-state index is -0.443. The average Bonchev–Trinajstić information content (AvgIpc) is 3.03. The lowest BCUT2D eigenvalue weighted by Crippen LogP contribution is -2.52. The summed E-state index contributed by atoms with van der Waals surface area (Å²) in [5.41, 5.74) is 2.21. The zero-order valence-corrected chi connectivity index (χ0v) is 16.1. The number of likely N-dealkylation sites (tertiary alicyclic amines) is 1. The second-order valence-electron chi connectivity index (χ2n) is 7.58. The molecule has 6 nitrogen and oxygen atoms in total. The molecule has 0 radical (unpaired) electrons. The van der Waals surface area contributed by atoms with Gasteiger partial charge in [0.15, 0.2) is 0 Å². The predicted molar refractivity (Wildman–Crippen MR) is 101 cm³/mol. The van der Waals surface area contributed by atoms with Crippen LogP contribution in [0, 0.1) is 6.92 Å². The highest BCUT2D eigenvalue weighted by Crippen LogP contribution is 2.22. The Morgan fingerprint density at radius 2 is 1.96 bits per heavy atom. The van der Waals surface area contributed by atoms with Crippen molar-refractivity contribution in [2.24, 2.45) is 0 Å². The monoisotopic (exact) mass is 361 g/mol. The molecule has 1 aromatic rings. The van der Waals surface area contributed by atoms with Gasteiger partial charge in [0.2, 0.25) is 5.91 Å². The highest BCUT2D eigenvalue weighted by atomic mass is 16.5. The molecule has 1 amide bonds. The fraction of sp³-hybridized carbons (Fsp3) is 0.650. The van der Waals surface area contributed by atoms with Crippen molar-refractivity contribution in [2.45, 2.75) is 31.9 Å². The maximum absolute atomic E-state index is 12.6. The van der Waals surface area contributed by atoms with Crippen LogP contribution in [-0.4, -0.2) is 91.3 Å². The number of carbonyl (C=O) groups is 1. The molecule has 2 aliphatic heterocycles. The minimum Gasteiger partial charge on any atom is -0.496 e. The molecule has 6 heteroatoms. The van der Waals surface area contributed by atoms with E-state index < -0.39 is 6.10 Å². The third-order valence-electron chi connectivity index (χ3n) is 5.72. The minimum absolute atomic E-state index is 0.0760. The number of aliphatic hydroxyl groups is 1. The lowest BCUT2D eigenvalue weighted by molar-refractivity contribution is -0.130. The summed E-state index contributed by atoms with van der Waals surface area (Å²) in [6, 6.07) is 6.17. The van der Waals surface area contributed by atoms with Crippen LogP contribution in [0.2, 0.25) is 0 Å². The Kier molecular flexibility index (Phi) is 6.16. The summed E-state index contributed by atoms with van der Waals surface area (Å²) in [7, 11) is 3.79. The van der Waals surface area contributed by atoms with Gasteiger partial charge in [-0.25, -0.2) is 0 Å². The second-order valence-corrected chi connectivity index (χ2v) is 7.58. The number of rotatable bonds is 5. The van der Waals surface area contributed by atoms with E-state index in [1.165, 1.54) is 0 Å². The van der Waals surface area contributed by atoms with E-state index in [0.29, 0.717) is 25.9 Å². The van der Waals surface area contributed by atoms with Crippen molar-refractivity contribution in [3.05, 3.63) is 29.3 Å². The van der Waals surface area contributed by atoms with Gasteiger partial charge < -0.3 is 19.6 Å². The molecule has 26 heavy (non-hydrogen) atoms. The van der Waals surface area contributed by atoms with Gasteiger partial charge in [-0.3, -0.25) is 9.69 Å². The first-order chi connectivity index (χ1) is 12.5. The van der Waals surface area contributed by atoms with Gasteiger partial charge in [-0.1, -0.05) is 12.1 Å². The molecule has 2 atom stereocenters. The largest absolute Gasteiger partial charge is 0.496 e. The van der Waals surface area contributed by atoms with Crippen molar-refractivity contribution in [3.63, 3.8) is 0 Å². The summed E-state index contributed by atoms with van der Waals surface area (Å²) in [4.78, 5) is 19.1. The number of ether oxygens (including phenoxy) is 1. The Labute approximate surface area is 156 Å². The number of aliphatic hydroxyl groups excluding tert-OH is 1. The highest BCUT2D eigenvalue weighted by Gasteiger charge is 2.38. The fourth-order valence-electron chi connectivity index (χ4n) is 3.91. The lowest BCUT2D eigenvalue weighted by Gasteiger charge is -2.37. The summed E-state index contributed by atoms with van der Waals surface area (Å²) in [5.74, 6) is 0.988. The van der Waals surface area contributed by atoms with Crippen LogP contribution in [0.1, 0.15) is 17.5 Å². The number of hydrogen-bond acceptors (Lipinski definition) is 5. The molecular weight excluding hydrogens is 330 g/mol. The Morgan fingerprint density at radius 1 is 1.23 bits per heavy atom. The number of nitrogens with zero attached hydrogens (tertiary/aromatic N) is 3.